The lowest BCUT2D eigenvalue weighted by Crippen LogP contribution is -2.17. The molecule has 0 aliphatic carbocycles. The van der Waals surface area contributed by atoms with Crippen LogP contribution in [-0.4, -0.2) is 28.4 Å². The molecule has 0 amide bonds. The van der Waals surface area contributed by atoms with Gasteiger partial charge in [0.15, 0.2) is 11.5 Å². The van der Waals surface area contributed by atoms with Crippen LogP contribution in [0.4, 0.5) is 0 Å². The summed E-state index contributed by atoms with van der Waals surface area (Å²) in [4.78, 5) is 1.22. The Hall–Kier alpha value is -1.72. The predicted octanol–water partition coefficient (Wildman–Crippen LogP) is 3.08. The van der Waals surface area contributed by atoms with Crippen LogP contribution in [0.3, 0.4) is 0 Å². The molecule has 4 nitrogen and oxygen atoms in total. The average Bonchev–Trinajstić information content (AvgIpc) is 3.01. The summed E-state index contributed by atoms with van der Waals surface area (Å²) in [6.07, 6.45) is 0. The van der Waals surface area contributed by atoms with Gasteiger partial charge in [-0.3, -0.25) is 0 Å². The van der Waals surface area contributed by atoms with Crippen LogP contribution in [0.2, 0.25) is 0 Å². The minimum atomic E-state index is 0.0600. The molecule has 1 N–H and O–H groups in total. The van der Waals surface area contributed by atoms with Gasteiger partial charge in [-0.25, -0.2) is 0 Å². The third-order valence-corrected chi connectivity index (χ3v) is 4.10. The summed E-state index contributed by atoms with van der Waals surface area (Å²) >= 11 is 1.70. The Bertz CT molecular complexity index is 554. The van der Waals surface area contributed by atoms with Crippen LogP contribution in [0.15, 0.2) is 29.6 Å². The van der Waals surface area contributed by atoms with Gasteiger partial charge in [-0.1, -0.05) is 6.07 Å². The van der Waals surface area contributed by atoms with Crippen molar-refractivity contribution in [3.8, 4) is 17.2 Å². The van der Waals surface area contributed by atoms with Gasteiger partial charge in [0.2, 0.25) is 5.75 Å². The van der Waals surface area contributed by atoms with Crippen LogP contribution in [0.25, 0.3) is 0 Å². The van der Waals surface area contributed by atoms with Crippen LogP contribution < -0.4 is 19.5 Å². The lowest BCUT2D eigenvalue weighted by molar-refractivity contribution is 0.321. The fourth-order valence-corrected chi connectivity index (χ4v) is 3.11. The first-order valence-electron chi connectivity index (χ1n) is 6.26. The Morgan fingerprint density at radius 2 is 1.75 bits per heavy atom. The van der Waals surface area contributed by atoms with Crippen LogP contribution in [0.5, 0.6) is 17.2 Å². The Morgan fingerprint density at radius 3 is 2.25 bits per heavy atom. The second-order valence-electron chi connectivity index (χ2n) is 4.16. The van der Waals surface area contributed by atoms with Crippen molar-refractivity contribution in [2.75, 3.05) is 28.4 Å². The number of ether oxygens (including phenoxy) is 3. The minimum Gasteiger partial charge on any atom is -0.493 e. The number of nitrogens with one attached hydrogen (secondary N) is 1. The zero-order chi connectivity index (χ0) is 14.5. The van der Waals surface area contributed by atoms with Gasteiger partial charge in [0.1, 0.15) is 0 Å². The van der Waals surface area contributed by atoms with Gasteiger partial charge < -0.3 is 19.5 Å². The molecule has 0 saturated carbocycles. The largest absolute Gasteiger partial charge is 0.493 e. The Kier molecular flexibility index (Phi) is 4.87. The quantitative estimate of drug-likeness (QED) is 0.888. The highest BCUT2D eigenvalue weighted by Gasteiger charge is 2.23. The van der Waals surface area contributed by atoms with E-state index < -0.39 is 0 Å². The molecule has 20 heavy (non-hydrogen) atoms. The molecule has 0 spiro atoms. The molecule has 1 heterocycles. The number of thiophene rings is 1. The zero-order valence-electron chi connectivity index (χ0n) is 12.1. The maximum Gasteiger partial charge on any atom is 0.203 e. The molecule has 5 heteroatoms. The molecule has 0 bridgehead atoms. The highest BCUT2D eigenvalue weighted by Crippen LogP contribution is 2.43. The first-order valence-corrected chi connectivity index (χ1v) is 7.14. The van der Waals surface area contributed by atoms with Crippen LogP contribution >= 0.6 is 11.3 Å². The van der Waals surface area contributed by atoms with Crippen molar-refractivity contribution in [1.29, 1.82) is 0 Å². The van der Waals surface area contributed by atoms with Gasteiger partial charge >= 0.3 is 0 Å². The summed E-state index contributed by atoms with van der Waals surface area (Å²) in [5.74, 6) is 1.97. The average molecular weight is 293 g/mol. The zero-order valence-corrected chi connectivity index (χ0v) is 12.9. The minimum absolute atomic E-state index is 0.0600. The lowest BCUT2D eigenvalue weighted by Gasteiger charge is -2.21. The monoisotopic (exact) mass is 293 g/mol. The van der Waals surface area contributed by atoms with Crippen molar-refractivity contribution in [1.82, 2.24) is 5.32 Å². The third-order valence-electron chi connectivity index (χ3n) is 3.16. The molecule has 0 radical (unpaired) electrons. The molecule has 2 rings (SSSR count). The summed E-state index contributed by atoms with van der Waals surface area (Å²) < 4.78 is 16.3. The Morgan fingerprint density at radius 1 is 1.00 bits per heavy atom. The van der Waals surface area contributed by atoms with Crippen molar-refractivity contribution >= 4 is 11.3 Å². The van der Waals surface area contributed by atoms with E-state index in [9.17, 15) is 0 Å². The van der Waals surface area contributed by atoms with Crippen molar-refractivity contribution in [2.45, 2.75) is 6.04 Å². The molecule has 0 fully saturated rings. The highest BCUT2D eigenvalue weighted by atomic mass is 32.1. The SMILES string of the molecule is CNC(c1cccs1)c1ccc(OC)c(OC)c1OC. The summed E-state index contributed by atoms with van der Waals surface area (Å²) in [6, 6.07) is 8.10. The van der Waals surface area contributed by atoms with Gasteiger partial charge in [-0.05, 0) is 30.6 Å². The second kappa shape index (κ2) is 6.63. The van der Waals surface area contributed by atoms with E-state index in [1.165, 1.54) is 4.88 Å². The molecule has 1 atom stereocenters. The summed E-state index contributed by atoms with van der Waals surface area (Å²) in [7, 11) is 6.80. The van der Waals surface area contributed by atoms with E-state index in [1.54, 1.807) is 32.7 Å². The van der Waals surface area contributed by atoms with Crippen molar-refractivity contribution in [3.63, 3.8) is 0 Å². The maximum atomic E-state index is 5.55. The number of benzene rings is 1. The normalized spacial score (nSPS) is 12.0. The maximum absolute atomic E-state index is 5.55. The molecule has 1 unspecified atom stereocenters. The van der Waals surface area contributed by atoms with Crippen molar-refractivity contribution in [3.05, 3.63) is 40.1 Å². The molecule has 1 aromatic heterocycles. The van der Waals surface area contributed by atoms with Crippen LogP contribution in [0.1, 0.15) is 16.5 Å². The van der Waals surface area contributed by atoms with E-state index in [0.29, 0.717) is 17.2 Å². The molecule has 0 saturated heterocycles. The fourth-order valence-electron chi connectivity index (χ4n) is 2.26. The number of hydrogen-bond acceptors (Lipinski definition) is 5. The molecule has 2 aromatic rings. The van der Waals surface area contributed by atoms with E-state index in [2.05, 4.69) is 16.8 Å². The Labute approximate surface area is 123 Å². The summed E-state index contributed by atoms with van der Waals surface area (Å²) in [5.41, 5.74) is 1.02. The lowest BCUT2D eigenvalue weighted by atomic mass is 10.0. The number of methoxy groups -OCH3 is 3. The van der Waals surface area contributed by atoms with E-state index in [0.717, 1.165) is 5.56 Å². The molecule has 1 aromatic carbocycles. The second-order valence-corrected chi connectivity index (χ2v) is 5.14. The highest BCUT2D eigenvalue weighted by molar-refractivity contribution is 7.10. The van der Waals surface area contributed by atoms with Crippen molar-refractivity contribution < 1.29 is 14.2 Å². The standard InChI is InChI=1S/C15H19NO3S/c1-16-13(12-6-5-9-20-12)10-7-8-11(17-2)15(19-4)14(10)18-3/h5-9,13,16H,1-4H3. The van der Waals surface area contributed by atoms with Gasteiger partial charge in [0.05, 0.1) is 27.4 Å². The van der Waals surface area contributed by atoms with Gasteiger partial charge in [0.25, 0.3) is 0 Å². The topological polar surface area (TPSA) is 39.7 Å². The van der Waals surface area contributed by atoms with E-state index in [4.69, 9.17) is 14.2 Å². The Balaban J connectivity index is 2.55. The molecular weight excluding hydrogens is 274 g/mol. The van der Waals surface area contributed by atoms with Gasteiger partial charge in [-0.15, -0.1) is 11.3 Å². The van der Waals surface area contributed by atoms with E-state index >= 15 is 0 Å². The van der Waals surface area contributed by atoms with Crippen molar-refractivity contribution in [2.24, 2.45) is 0 Å². The summed E-state index contributed by atoms with van der Waals surface area (Å²) in [6.45, 7) is 0. The molecule has 0 aliphatic heterocycles. The molecule has 108 valence electrons. The molecule has 0 aliphatic rings. The fraction of sp³-hybridized carbons (Fsp3) is 0.333. The van der Waals surface area contributed by atoms with Crippen LogP contribution in [0, 0.1) is 0 Å². The van der Waals surface area contributed by atoms with Gasteiger partial charge in [-0.2, -0.15) is 0 Å². The number of rotatable bonds is 6. The smallest absolute Gasteiger partial charge is 0.203 e. The first-order chi connectivity index (χ1) is 9.76. The summed E-state index contributed by atoms with van der Waals surface area (Å²) in [5, 5.41) is 5.38. The van der Waals surface area contributed by atoms with E-state index in [-0.39, 0.29) is 6.04 Å². The number of hydrogen-bond donors (Lipinski definition) is 1. The third kappa shape index (κ3) is 2.59. The predicted molar refractivity (Wildman–Crippen MR) is 81.3 cm³/mol. The van der Waals surface area contributed by atoms with Crippen LogP contribution in [-0.2, 0) is 0 Å². The van der Waals surface area contributed by atoms with E-state index in [1.807, 2.05) is 25.2 Å². The van der Waals surface area contributed by atoms with Gasteiger partial charge in [0, 0.05) is 10.4 Å². The molecular formula is C15H19NO3S. The first kappa shape index (κ1) is 14.7.